The second-order valence-electron chi connectivity index (χ2n) is 5.91. The monoisotopic (exact) mass is 401 g/mol. The number of H-pyrrole nitrogens is 1. The Bertz CT molecular complexity index is 1060. The molecule has 3 rings (SSSR count). The molecule has 0 aliphatic heterocycles. The minimum atomic E-state index is -0.258. The van der Waals surface area contributed by atoms with Gasteiger partial charge in [0.25, 0.3) is 5.56 Å². The van der Waals surface area contributed by atoms with Crippen LogP contribution in [0, 0.1) is 0 Å². The summed E-state index contributed by atoms with van der Waals surface area (Å²) in [5.74, 6) is 0.228. The van der Waals surface area contributed by atoms with Crippen molar-refractivity contribution in [3.05, 3.63) is 80.3 Å². The number of rotatable bonds is 5. The summed E-state index contributed by atoms with van der Waals surface area (Å²) in [5, 5.41) is 1.60. The van der Waals surface area contributed by atoms with Crippen molar-refractivity contribution in [2.45, 2.75) is 13.5 Å². The van der Waals surface area contributed by atoms with Crippen LogP contribution in [-0.2, 0) is 11.3 Å². The fourth-order valence-corrected chi connectivity index (χ4v) is 2.90. The second-order valence-corrected chi connectivity index (χ2v) is 6.78. The van der Waals surface area contributed by atoms with E-state index in [2.05, 4.69) is 9.97 Å². The second kappa shape index (κ2) is 8.37. The van der Waals surface area contributed by atoms with Gasteiger partial charge in [-0.05, 0) is 48.9 Å². The van der Waals surface area contributed by atoms with Gasteiger partial charge in [-0.1, -0.05) is 35.3 Å². The maximum atomic E-state index is 12.5. The van der Waals surface area contributed by atoms with Gasteiger partial charge in [-0.25, -0.2) is 4.98 Å². The molecule has 27 heavy (non-hydrogen) atoms. The lowest BCUT2D eigenvalue weighted by molar-refractivity contribution is -0.126. The molecule has 0 saturated heterocycles. The molecule has 0 unspecified atom stereocenters. The van der Waals surface area contributed by atoms with Crippen molar-refractivity contribution >= 4 is 46.1 Å². The zero-order valence-electron chi connectivity index (χ0n) is 14.6. The average Bonchev–Trinajstić information content (AvgIpc) is 2.65. The number of halogens is 2. The predicted octanol–water partition coefficient (Wildman–Crippen LogP) is 4.29. The van der Waals surface area contributed by atoms with Crippen LogP contribution in [0.2, 0.25) is 10.0 Å². The van der Waals surface area contributed by atoms with Crippen molar-refractivity contribution in [3.8, 4) is 0 Å². The van der Waals surface area contributed by atoms with Crippen LogP contribution in [-0.4, -0.2) is 27.3 Å². The smallest absolute Gasteiger partial charge is 0.258 e. The van der Waals surface area contributed by atoms with Gasteiger partial charge in [-0.3, -0.25) is 9.59 Å². The first-order valence-electron chi connectivity index (χ1n) is 8.37. The van der Waals surface area contributed by atoms with Crippen molar-refractivity contribution in [2.24, 2.45) is 0 Å². The number of benzene rings is 2. The highest BCUT2D eigenvalue weighted by Gasteiger charge is 2.12. The number of fused-ring (bicyclic) bond motifs is 1. The van der Waals surface area contributed by atoms with Crippen LogP contribution in [0.4, 0.5) is 0 Å². The zero-order chi connectivity index (χ0) is 19.4. The number of nitrogens with zero attached hydrogens (tertiary/aromatic N) is 2. The molecule has 0 radical (unpaired) electrons. The topological polar surface area (TPSA) is 66.1 Å². The van der Waals surface area contributed by atoms with E-state index in [4.69, 9.17) is 23.2 Å². The highest BCUT2D eigenvalue weighted by atomic mass is 35.5. The van der Waals surface area contributed by atoms with Crippen LogP contribution < -0.4 is 5.56 Å². The predicted molar refractivity (Wildman–Crippen MR) is 109 cm³/mol. The first-order valence-corrected chi connectivity index (χ1v) is 9.13. The Balaban J connectivity index is 1.79. The molecule has 0 aliphatic rings. The molecule has 0 spiro atoms. The third-order valence-electron chi connectivity index (χ3n) is 4.04. The van der Waals surface area contributed by atoms with Gasteiger partial charge in [0, 0.05) is 22.7 Å². The minimum Gasteiger partial charge on any atom is -0.332 e. The van der Waals surface area contributed by atoms with E-state index in [1.165, 1.54) is 6.08 Å². The summed E-state index contributed by atoms with van der Waals surface area (Å²) in [4.78, 5) is 33.4. The molecule has 3 aromatic rings. The van der Waals surface area contributed by atoms with E-state index < -0.39 is 0 Å². The molecule has 0 fully saturated rings. The van der Waals surface area contributed by atoms with Crippen molar-refractivity contribution in [1.82, 2.24) is 14.9 Å². The Morgan fingerprint density at radius 1 is 1.15 bits per heavy atom. The average molecular weight is 402 g/mol. The Labute approximate surface area is 166 Å². The fourth-order valence-electron chi connectivity index (χ4n) is 2.61. The number of aromatic amines is 1. The number of hydrogen-bond donors (Lipinski definition) is 1. The van der Waals surface area contributed by atoms with Gasteiger partial charge in [-0.2, -0.15) is 0 Å². The van der Waals surface area contributed by atoms with Crippen LogP contribution in [0.15, 0.2) is 53.3 Å². The number of nitrogens with one attached hydrogen (secondary N) is 1. The molecule has 1 amide bonds. The van der Waals surface area contributed by atoms with E-state index in [9.17, 15) is 9.59 Å². The van der Waals surface area contributed by atoms with E-state index in [1.54, 1.807) is 41.3 Å². The van der Waals surface area contributed by atoms with Crippen molar-refractivity contribution in [3.63, 3.8) is 0 Å². The molecule has 0 atom stereocenters. The van der Waals surface area contributed by atoms with Crippen LogP contribution in [0.3, 0.4) is 0 Å². The molecule has 2 aromatic carbocycles. The number of carbonyl (C=O) groups excluding carboxylic acids is 1. The van der Waals surface area contributed by atoms with Gasteiger partial charge in [0.2, 0.25) is 5.91 Å². The van der Waals surface area contributed by atoms with Crippen molar-refractivity contribution in [1.29, 1.82) is 0 Å². The summed E-state index contributed by atoms with van der Waals surface area (Å²) < 4.78 is 0. The highest BCUT2D eigenvalue weighted by molar-refractivity contribution is 6.31. The zero-order valence-corrected chi connectivity index (χ0v) is 16.1. The molecule has 1 N–H and O–H groups in total. The number of aromatic nitrogens is 2. The first kappa shape index (κ1) is 19.1. The van der Waals surface area contributed by atoms with Gasteiger partial charge in [0.15, 0.2) is 0 Å². The van der Waals surface area contributed by atoms with E-state index >= 15 is 0 Å². The summed E-state index contributed by atoms with van der Waals surface area (Å²) in [6.45, 7) is 2.53. The lowest BCUT2D eigenvalue weighted by Crippen LogP contribution is -2.30. The van der Waals surface area contributed by atoms with Gasteiger partial charge in [0.1, 0.15) is 5.82 Å². The van der Waals surface area contributed by atoms with Crippen molar-refractivity contribution in [2.75, 3.05) is 6.54 Å². The Morgan fingerprint density at radius 2 is 1.85 bits per heavy atom. The number of carbonyl (C=O) groups is 1. The SMILES string of the molecule is CCN(Cc1nc2cc(Cl)ccc2c(=O)[nH]1)C(=O)/C=C\c1ccc(Cl)cc1. The maximum Gasteiger partial charge on any atom is 0.258 e. The van der Waals surface area contributed by atoms with Gasteiger partial charge >= 0.3 is 0 Å². The largest absolute Gasteiger partial charge is 0.332 e. The Hall–Kier alpha value is -2.63. The molecular weight excluding hydrogens is 385 g/mol. The van der Waals surface area contributed by atoms with Crippen LogP contribution in [0.1, 0.15) is 18.3 Å². The Kier molecular flexibility index (Phi) is 5.94. The third kappa shape index (κ3) is 4.76. The van der Waals surface area contributed by atoms with E-state index in [0.29, 0.717) is 33.3 Å². The molecule has 1 aromatic heterocycles. The quantitative estimate of drug-likeness (QED) is 0.648. The van der Waals surface area contributed by atoms with E-state index in [-0.39, 0.29) is 18.0 Å². The van der Waals surface area contributed by atoms with Gasteiger partial charge in [-0.15, -0.1) is 0 Å². The summed E-state index contributed by atoms with van der Waals surface area (Å²) in [6, 6.07) is 12.1. The fraction of sp³-hybridized carbons (Fsp3) is 0.150. The maximum absolute atomic E-state index is 12.5. The molecule has 7 heteroatoms. The summed E-state index contributed by atoms with van der Waals surface area (Å²) >= 11 is 11.8. The van der Waals surface area contributed by atoms with Crippen LogP contribution in [0.25, 0.3) is 17.0 Å². The van der Waals surface area contributed by atoms with Crippen LogP contribution in [0.5, 0.6) is 0 Å². The molecule has 0 bridgehead atoms. The molecular formula is C20H17Cl2N3O2. The summed E-state index contributed by atoms with van der Waals surface area (Å²) in [7, 11) is 0. The standard InChI is InChI=1S/C20H17Cl2N3O2/c1-2-25(19(26)10-5-13-3-6-14(21)7-4-13)12-18-23-17-11-15(22)8-9-16(17)20(27)24-18/h3-11H,2,12H2,1H3,(H,23,24,27)/b10-5-. The summed E-state index contributed by atoms with van der Waals surface area (Å²) in [5.41, 5.74) is 1.11. The lowest BCUT2D eigenvalue weighted by atomic mass is 10.2. The molecule has 5 nitrogen and oxygen atoms in total. The minimum absolute atomic E-state index is 0.179. The van der Waals surface area contributed by atoms with E-state index in [0.717, 1.165) is 5.56 Å². The Morgan fingerprint density at radius 3 is 2.56 bits per heavy atom. The highest BCUT2D eigenvalue weighted by Crippen LogP contribution is 2.15. The molecule has 138 valence electrons. The summed E-state index contributed by atoms with van der Waals surface area (Å²) in [6.07, 6.45) is 3.21. The number of likely N-dealkylation sites (N-methyl/N-ethyl adjacent to an activating group) is 1. The van der Waals surface area contributed by atoms with Gasteiger partial charge < -0.3 is 9.88 Å². The number of hydrogen-bond acceptors (Lipinski definition) is 3. The first-order chi connectivity index (χ1) is 13.0. The van der Waals surface area contributed by atoms with Crippen molar-refractivity contribution < 1.29 is 4.79 Å². The van der Waals surface area contributed by atoms with Crippen LogP contribution >= 0.6 is 23.2 Å². The molecule has 0 saturated carbocycles. The lowest BCUT2D eigenvalue weighted by Gasteiger charge is -2.18. The van der Waals surface area contributed by atoms with E-state index in [1.807, 2.05) is 19.1 Å². The third-order valence-corrected chi connectivity index (χ3v) is 4.53. The molecule has 1 heterocycles. The van der Waals surface area contributed by atoms with Gasteiger partial charge in [0.05, 0.1) is 17.4 Å². The number of amides is 1. The molecule has 0 aliphatic carbocycles. The normalized spacial score (nSPS) is 11.2.